The van der Waals surface area contributed by atoms with Crippen molar-refractivity contribution in [3.63, 3.8) is 0 Å². The van der Waals surface area contributed by atoms with Crippen molar-refractivity contribution in [2.24, 2.45) is 0 Å². The first-order chi connectivity index (χ1) is 7.08. The molecule has 1 rings (SSSR count). The molecule has 0 saturated carbocycles. The fraction of sp³-hybridized carbons (Fsp3) is 0.375. The van der Waals surface area contributed by atoms with E-state index in [0.29, 0.717) is 0 Å². The monoisotopic (exact) mass is 232 g/mol. The molecule has 0 aliphatic carbocycles. The molecule has 0 amide bonds. The number of nitrogens with one attached hydrogen (secondary N) is 2. The van der Waals surface area contributed by atoms with Gasteiger partial charge in [0.2, 0.25) is 15.5 Å². The van der Waals surface area contributed by atoms with Crippen LogP contribution >= 0.6 is 0 Å². The van der Waals surface area contributed by atoms with E-state index in [2.05, 4.69) is 9.71 Å². The maximum atomic E-state index is 11.5. The zero-order valence-electron chi connectivity index (χ0n) is 8.19. The van der Waals surface area contributed by atoms with Gasteiger partial charge in [-0.25, -0.2) is 13.1 Å². The van der Waals surface area contributed by atoms with Gasteiger partial charge in [-0.15, -0.1) is 0 Å². The van der Waals surface area contributed by atoms with Gasteiger partial charge in [-0.2, -0.15) is 0 Å². The van der Waals surface area contributed by atoms with Crippen LogP contribution < -0.4 is 10.2 Å². The number of aromatic amines is 1. The lowest BCUT2D eigenvalue weighted by atomic mass is 10.5. The lowest BCUT2D eigenvalue weighted by molar-refractivity contribution is 0.204. The summed E-state index contributed by atoms with van der Waals surface area (Å²) in [5.74, 6) is 0. The Morgan fingerprint density at radius 2 is 2.27 bits per heavy atom. The molecule has 6 nitrogen and oxygen atoms in total. The number of rotatable bonds is 5. The highest BCUT2D eigenvalue weighted by molar-refractivity contribution is 7.89. The molecule has 0 aromatic carbocycles. The molecule has 0 bridgehead atoms. The molecule has 0 fully saturated rings. The SMILES string of the molecule is COCCNS(=O)(=O)c1c[nH]ccc1=O. The van der Waals surface area contributed by atoms with Gasteiger partial charge >= 0.3 is 0 Å². The fourth-order valence-electron chi connectivity index (χ4n) is 0.967. The summed E-state index contributed by atoms with van der Waals surface area (Å²) in [5.41, 5.74) is -0.543. The number of H-pyrrole nitrogens is 1. The zero-order chi connectivity index (χ0) is 11.3. The number of hydrogen-bond donors (Lipinski definition) is 2. The minimum Gasteiger partial charge on any atom is -0.383 e. The van der Waals surface area contributed by atoms with Crippen molar-refractivity contribution < 1.29 is 13.2 Å². The van der Waals surface area contributed by atoms with Gasteiger partial charge in [0.1, 0.15) is 4.90 Å². The summed E-state index contributed by atoms with van der Waals surface area (Å²) in [6.07, 6.45) is 2.52. The van der Waals surface area contributed by atoms with Crippen molar-refractivity contribution in [1.82, 2.24) is 9.71 Å². The normalized spacial score (nSPS) is 11.5. The Balaban J connectivity index is 2.88. The van der Waals surface area contributed by atoms with Crippen LogP contribution in [0.5, 0.6) is 0 Å². The molecule has 0 aliphatic rings. The van der Waals surface area contributed by atoms with Crippen LogP contribution in [0.3, 0.4) is 0 Å². The van der Waals surface area contributed by atoms with Crippen LogP contribution in [0.25, 0.3) is 0 Å². The van der Waals surface area contributed by atoms with Gasteiger partial charge in [0, 0.05) is 32.1 Å². The van der Waals surface area contributed by atoms with Crippen molar-refractivity contribution in [3.8, 4) is 0 Å². The Morgan fingerprint density at radius 3 is 2.87 bits per heavy atom. The van der Waals surface area contributed by atoms with E-state index >= 15 is 0 Å². The molecule has 15 heavy (non-hydrogen) atoms. The Bertz CT molecular complexity index is 466. The van der Waals surface area contributed by atoms with E-state index < -0.39 is 15.5 Å². The van der Waals surface area contributed by atoms with Gasteiger partial charge in [0.25, 0.3) is 0 Å². The molecule has 0 aliphatic heterocycles. The first kappa shape index (κ1) is 11.9. The summed E-state index contributed by atoms with van der Waals surface area (Å²) in [7, 11) is -2.28. The number of ether oxygens (including phenoxy) is 1. The molecule has 0 unspecified atom stereocenters. The molecule has 1 aromatic heterocycles. The molecule has 0 saturated heterocycles. The van der Waals surface area contributed by atoms with Gasteiger partial charge in [-0.05, 0) is 0 Å². The fourth-order valence-corrected chi connectivity index (χ4v) is 2.03. The van der Waals surface area contributed by atoms with Gasteiger partial charge in [-0.1, -0.05) is 0 Å². The molecule has 0 atom stereocenters. The van der Waals surface area contributed by atoms with Crippen molar-refractivity contribution >= 4 is 10.0 Å². The molecule has 2 N–H and O–H groups in total. The summed E-state index contributed by atoms with van der Waals surface area (Å²) in [6, 6.07) is 1.16. The van der Waals surface area contributed by atoms with E-state index in [9.17, 15) is 13.2 Å². The summed E-state index contributed by atoms with van der Waals surface area (Å²) < 4.78 is 30.0. The second-order valence-electron chi connectivity index (χ2n) is 2.76. The molecular formula is C8H12N2O4S. The van der Waals surface area contributed by atoms with Crippen molar-refractivity contribution in [2.45, 2.75) is 4.90 Å². The van der Waals surface area contributed by atoms with E-state index in [1.54, 1.807) is 0 Å². The minimum atomic E-state index is -3.74. The van der Waals surface area contributed by atoms with E-state index in [0.717, 1.165) is 12.3 Å². The predicted octanol–water partition coefficient (Wildman–Crippen LogP) is -0.700. The van der Waals surface area contributed by atoms with E-state index in [1.165, 1.54) is 13.3 Å². The minimum absolute atomic E-state index is 0.132. The molecule has 1 heterocycles. The molecule has 0 radical (unpaired) electrons. The van der Waals surface area contributed by atoms with Crippen LogP contribution in [0, 0.1) is 0 Å². The largest absolute Gasteiger partial charge is 0.383 e. The molecule has 0 spiro atoms. The number of aromatic nitrogens is 1. The topological polar surface area (TPSA) is 88.3 Å². The number of sulfonamides is 1. The van der Waals surface area contributed by atoms with Crippen LogP contribution in [-0.2, 0) is 14.8 Å². The lowest BCUT2D eigenvalue weighted by Gasteiger charge is -2.04. The average Bonchev–Trinajstić information content (AvgIpc) is 2.18. The summed E-state index contributed by atoms with van der Waals surface area (Å²) >= 11 is 0. The summed E-state index contributed by atoms with van der Waals surface area (Å²) in [5, 5.41) is 0. The van der Waals surface area contributed by atoms with Gasteiger partial charge in [0.05, 0.1) is 6.61 Å². The number of hydrogen-bond acceptors (Lipinski definition) is 4. The quantitative estimate of drug-likeness (QED) is 0.657. The van der Waals surface area contributed by atoms with E-state index in [-0.39, 0.29) is 18.0 Å². The first-order valence-corrected chi connectivity index (χ1v) is 5.72. The third kappa shape index (κ3) is 3.15. The van der Waals surface area contributed by atoms with Crippen LogP contribution in [0.2, 0.25) is 0 Å². The molecule has 7 heteroatoms. The molecule has 84 valence electrons. The van der Waals surface area contributed by atoms with Crippen molar-refractivity contribution in [3.05, 3.63) is 28.7 Å². The van der Waals surface area contributed by atoms with Crippen LogP contribution in [0.4, 0.5) is 0 Å². The smallest absolute Gasteiger partial charge is 0.245 e. The highest BCUT2D eigenvalue weighted by atomic mass is 32.2. The summed E-state index contributed by atoms with van der Waals surface area (Å²) in [4.78, 5) is 13.5. The van der Waals surface area contributed by atoms with Gasteiger partial charge in [-0.3, -0.25) is 4.79 Å². The average molecular weight is 232 g/mol. The highest BCUT2D eigenvalue weighted by Crippen LogP contribution is 1.98. The van der Waals surface area contributed by atoms with Crippen LogP contribution in [-0.4, -0.2) is 33.7 Å². The standard InChI is InChI=1S/C8H12N2O4S/c1-14-5-4-10-15(12,13)8-6-9-3-2-7(8)11/h2-3,6,10H,4-5H2,1H3,(H,9,11). The van der Waals surface area contributed by atoms with E-state index in [4.69, 9.17) is 4.74 Å². The third-order valence-electron chi connectivity index (χ3n) is 1.68. The lowest BCUT2D eigenvalue weighted by Crippen LogP contribution is -2.30. The third-order valence-corrected chi connectivity index (χ3v) is 3.16. The second kappa shape index (κ2) is 5.06. The van der Waals surface area contributed by atoms with Crippen molar-refractivity contribution in [1.29, 1.82) is 0 Å². The number of pyridine rings is 1. The first-order valence-electron chi connectivity index (χ1n) is 4.23. The zero-order valence-corrected chi connectivity index (χ0v) is 9.00. The van der Waals surface area contributed by atoms with Gasteiger partial charge in [0.15, 0.2) is 0 Å². The summed E-state index contributed by atoms with van der Waals surface area (Å²) in [6.45, 7) is 0.386. The predicted molar refractivity (Wildman–Crippen MR) is 54.1 cm³/mol. The Hall–Kier alpha value is -1.18. The van der Waals surface area contributed by atoms with Crippen LogP contribution in [0.15, 0.2) is 28.2 Å². The highest BCUT2D eigenvalue weighted by Gasteiger charge is 2.16. The van der Waals surface area contributed by atoms with Crippen LogP contribution in [0.1, 0.15) is 0 Å². The van der Waals surface area contributed by atoms with Crippen molar-refractivity contribution in [2.75, 3.05) is 20.3 Å². The number of methoxy groups -OCH3 is 1. The maximum absolute atomic E-state index is 11.5. The molecular weight excluding hydrogens is 220 g/mol. The maximum Gasteiger partial charge on any atom is 0.245 e. The Labute approximate surface area is 87.3 Å². The Kier molecular flexibility index (Phi) is 4.01. The second-order valence-corrected chi connectivity index (χ2v) is 4.50. The van der Waals surface area contributed by atoms with E-state index in [1.807, 2.05) is 0 Å². The molecule has 1 aromatic rings. The van der Waals surface area contributed by atoms with Gasteiger partial charge < -0.3 is 9.72 Å². The Morgan fingerprint density at radius 1 is 1.53 bits per heavy atom.